The van der Waals surface area contributed by atoms with Crippen molar-refractivity contribution in [1.82, 2.24) is 10.1 Å². The lowest BCUT2D eigenvalue weighted by molar-refractivity contribution is 0.306. The van der Waals surface area contributed by atoms with Gasteiger partial charge in [-0.1, -0.05) is 46.6 Å². The second-order valence-electron chi connectivity index (χ2n) is 5.83. The Kier molecular flexibility index (Phi) is 5.10. The highest BCUT2D eigenvalue weighted by atomic mass is 35.5. The quantitative estimate of drug-likeness (QED) is 0.397. The molecule has 0 radical (unpaired) electrons. The van der Waals surface area contributed by atoms with Crippen molar-refractivity contribution >= 4 is 23.2 Å². The zero-order valence-electron chi connectivity index (χ0n) is 14.1. The molecule has 0 fully saturated rings. The third-order valence-electron chi connectivity index (χ3n) is 3.98. The zero-order valence-corrected chi connectivity index (χ0v) is 15.6. The molecule has 1 heterocycles. The summed E-state index contributed by atoms with van der Waals surface area (Å²) in [6.07, 6.45) is 0. The van der Waals surface area contributed by atoms with E-state index in [2.05, 4.69) is 10.1 Å². The van der Waals surface area contributed by atoms with Gasteiger partial charge in [-0.15, -0.1) is 0 Å². The van der Waals surface area contributed by atoms with Crippen molar-refractivity contribution in [1.29, 1.82) is 0 Å². The maximum atomic E-state index is 6.14. The molecule has 0 N–H and O–H groups in total. The molecule has 0 spiro atoms. The van der Waals surface area contributed by atoms with Gasteiger partial charge < -0.3 is 9.26 Å². The summed E-state index contributed by atoms with van der Waals surface area (Å²) in [5, 5.41) is 5.38. The number of hydrogen-bond donors (Lipinski definition) is 0. The Morgan fingerprint density at radius 1 is 0.815 bits per heavy atom. The lowest BCUT2D eigenvalue weighted by Crippen LogP contribution is -1.95. The van der Waals surface area contributed by atoms with Crippen LogP contribution in [0.4, 0.5) is 0 Å². The molecule has 6 heteroatoms. The van der Waals surface area contributed by atoms with Crippen LogP contribution in [0.5, 0.6) is 5.75 Å². The Hall–Kier alpha value is -2.82. The summed E-state index contributed by atoms with van der Waals surface area (Å²) in [4.78, 5) is 4.44. The summed E-state index contributed by atoms with van der Waals surface area (Å²) in [7, 11) is 0. The molecule has 0 aliphatic rings. The van der Waals surface area contributed by atoms with Gasteiger partial charge in [0.1, 0.15) is 12.4 Å². The summed E-state index contributed by atoms with van der Waals surface area (Å²) in [5.74, 6) is 1.69. The Labute approximate surface area is 166 Å². The fourth-order valence-corrected chi connectivity index (χ4v) is 2.84. The highest BCUT2D eigenvalue weighted by molar-refractivity contribution is 6.31. The first kappa shape index (κ1) is 17.6. The van der Waals surface area contributed by atoms with Gasteiger partial charge in [0.15, 0.2) is 0 Å². The Morgan fingerprint density at radius 2 is 1.52 bits per heavy atom. The van der Waals surface area contributed by atoms with Crippen molar-refractivity contribution in [3.05, 3.63) is 88.4 Å². The third kappa shape index (κ3) is 4.13. The monoisotopic (exact) mass is 396 g/mol. The minimum absolute atomic E-state index is 0.403. The summed E-state index contributed by atoms with van der Waals surface area (Å²) in [6.45, 7) is 0.403. The molecule has 4 rings (SSSR count). The number of nitrogens with zero attached hydrogens (tertiary/aromatic N) is 2. The van der Waals surface area contributed by atoms with Crippen molar-refractivity contribution in [3.8, 4) is 28.6 Å². The molecule has 0 saturated heterocycles. The maximum absolute atomic E-state index is 6.14. The van der Waals surface area contributed by atoms with Crippen LogP contribution in [0, 0.1) is 0 Å². The lowest BCUT2D eigenvalue weighted by Gasteiger charge is -2.07. The number of benzene rings is 3. The Balaban J connectivity index is 1.46. The molecule has 0 aliphatic carbocycles. The molecule has 0 amide bonds. The largest absolute Gasteiger partial charge is 0.489 e. The number of rotatable bonds is 5. The molecular weight excluding hydrogens is 383 g/mol. The standard InChI is InChI=1S/C21H14Cl2N2O2/c22-17-9-5-14(6-10-17)20-24-21(27-25-20)15-7-11-18(12-8-15)26-13-16-3-1-2-4-19(16)23/h1-12H,13H2. The number of aromatic nitrogens is 2. The molecule has 0 aliphatic heterocycles. The summed E-state index contributed by atoms with van der Waals surface area (Å²) in [5.41, 5.74) is 2.59. The van der Waals surface area contributed by atoms with E-state index in [1.54, 1.807) is 12.1 Å². The van der Waals surface area contributed by atoms with Crippen LogP contribution in [-0.4, -0.2) is 10.1 Å². The van der Waals surface area contributed by atoms with E-state index in [-0.39, 0.29) is 0 Å². The van der Waals surface area contributed by atoms with Crippen molar-refractivity contribution in [2.45, 2.75) is 6.61 Å². The summed E-state index contributed by atoms with van der Waals surface area (Å²) in [6, 6.07) is 22.4. The van der Waals surface area contributed by atoms with Crippen LogP contribution in [0.25, 0.3) is 22.8 Å². The highest BCUT2D eigenvalue weighted by Crippen LogP contribution is 2.25. The SMILES string of the molecule is Clc1ccc(-c2noc(-c3ccc(OCc4ccccc4Cl)cc3)n2)cc1. The first-order chi connectivity index (χ1) is 13.2. The second-order valence-corrected chi connectivity index (χ2v) is 6.68. The Morgan fingerprint density at radius 3 is 2.26 bits per heavy atom. The van der Waals surface area contributed by atoms with Crippen molar-refractivity contribution in [2.24, 2.45) is 0 Å². The van der Waals surface area contributed by atoms with Crippen LogP contribution in [0.2, 0.25) is 10.0 Å². The first-order valence-electron chi connectivity index (χ1n) is 8.25. The van der Waals surface area contributed by atoms with Crippen LogP contribution >= 0.6 is 23.2 Å². The fraction of sp³-hybridized carbons (Fsp3) is 0.0476. The minimum Gasteiger partial charge on any atom is -0.489 e. The van der Waals surface area contributed by atoms with Gasteiger partial charge in [0, 0.05) is 26.7 Å². The normalized spacial score (nSPS) is 10.7. The molecule has 4 nitrogen and oxygen atoms in total. The van der Waals surface area contributed by atoms with E-state index in [9.17, 15) is 0 Å². The molecule has 134 valence electrons. The van der Waals surface area contributed by atoms with Crippen molar-refractivity contribution in [2.75, 3.05) is 0 Å². The van der Waals surface area contributed by atoms with E-state index >= 15 is 0 Å². The van der Waals surface area contributed by atoms with Gasteiger partial charge in [0.25, 0.3) is 5.89 Å². The average molecular weight is 397 g/mol. The van der Waals surface area contributed by atoms with Crippen LogP contribution in [-0.2, 0) is 6.61 Å². The van der Waals surface area contributed by atoms with E-state index in [1.165, 1.54) is 0 Å². The van der Waals surface area contributed by atoms with E-state index in [0.29, 0.717) is 28.4 Å². The molecule has 0 atom stereocenters. The average Bonchev–Trinajstić information content (AvgIpc) is 3.18. The van der Waals surface area contributed by atoms with Gasteiger partial charge in [-0.2, -0.15) is 4.98 Å². The van der Waals surface area contributed by atoms with Crippen LogP contribution in [0.1, 0.15) is 5.56 Å². The molecule has 1 aromatic heterocycles. The fourth-order valence-electron chi connectivity index (χ4n) is 2.53. The first-order valence-corrected chi connectivity index (χ1v) is 9.01. The van der Waals surface area contributed by atoms with Gasteiger partial charge in [0.05, 0.1) is 0 Å². The van der Waals surface area contributed by atoms with E-state index in [1.807, 2.05) is 60.7 Å². The van der Waals surface area contributed by atoms with Gasteiger partial charge in [0.2, 0.25) is 5.82 Å². The molecule has 0 unspecified atom stereocenters. The number of halogens is 2. The van der Waals surface area contributed by atoms with Crippen LogP contribution in [0.15, 0.2) is 77.3 Å². The van der Waals surface area contributed by atoms with Crippen molar-refractivity contribution in [3.63, 3.8) is 0 Å². The predicted molar refractivity (Wildman–Crippen MR) is 106 cm³/mol. The highest BCUT2D eigenvalue weighted by Gasteiger charge is 2.11. The zero-order chi connectivity index (χ0) is 18.6. The number of ether oxygens (including phenoxy) is 1. The molecule has 4 aromatic rings. The second kappa shape index (κ2) is 7.82. The van der Waals surface area contributed by atoms with E-state index in [0.717, 1.165) is 22.4 Å². The summed E-state index contributed by atoms with van der Waals surface area (Å²) >= 11 is 12.0. The molecule has 0 saturated carbocycles. The van der Waals surface area contributed by atoms with E-state index in [4.69, 9.17) is 32.5 Å². The molecular formula is C21H14Cl2N2O2. The van der Waals surface area contributed by atoms with Gasteiger partial charge >= 0.3 is 0 Å². The van der Waals surface area contributed by atoms with Crippen LogP contribution in [0.3, 0.4) is 0 Å². The van der Waals surface area contributed by atoms with Crippen molar-refractivity contribution < 1.29 is 9.26 Å². The summed E-state index contributed by atoms with van der Waals surface area (Å²) < 4.78 is 11.2. The van der Waals surface area contributed by atoms with Crippen LogP contribution < -0.4 is 4.74 Å². The lowest BCUT2D eigenvalue weighted by atomic mass is 10.2. The smallest absolute Gasteiger partial charge is 0.258 e. The molecule has 27 heavy (non-hydrogen) atoms. The maximum Gasteiger partial charge on any atom is 0.258 e. The molecule has 0 bridgehead atoms. The van der Waals surface area contributed by atoms with Gasteiger partial charge in [-0.25, -0.2) is 0 Å². The van der Waals surface area contributed by atoms with E-state index < -0.39 is 0 Å². The minimum atomic E-state index is 0.403. The third-order valence-corrected chi connectivity index (χ3v) is 4.60. The van der Waals surface area contributed by atoms with Gasteiger partial charge in [-0.3, -0.25) is 0 Å². The predicted octanol–water partition coefficient (Wildman–Crippen LogP) is 6.29. The van der Waals surface area contributed by atoms with Gasteiger partial charge in [-0.05, 0) is 54.6 Å². The topological polar surface area (TPSA) is 48.2 Å². The Bertz CT molecular complexity index is 1040. The number of hydrogen-bond acceptors (Lipinski definition) is 4. The molecule has 3 aromatic carbocycles.